The molecule has 0 radical (unpaired) electrons. The number of hydrogen-bond acceptors (Lipinski definition) is 4. The van der Waals surface area contributed by atoms with Crippen molar-refractivity contribution in [1.29, 1.82) is 0 Å². The molecule has 1 N–H and O–H groups in total. The molecule has 3 aromatic rings. The molecule has 130 valence electrons. The van der Waals surface area contributed by atoms with Crippen molar-refractivity contribution < 1.29 is 0 Å². The molecule has 0 aliphatic heterocycles. The summed E-state index contributed by atoms with van der Waals surface area (Å²) in [4.78, 5) is 2.04. The Balaban J connectivity index is 1.83. The van der Waals surface area contributed by atoms with Crippen LogP contribution in [-0.2, 0) is 0 Å². The topological polar surface area (TPSA) is 52.4 Å². The van der Waals surface area contributed by atoms with E-state index in [2.05, 4.69) is 20.8 Å². The summed E-state index contributed by atoms with van der Waals surface area (Å²) in [6, 6.07) is 27.4. The third kappa shape index (κ3) is 4.77. The lowest BCUT2D eigenvalue weighted by molar-refractivity contribution is 1.13. The Labute approximate surface area is 153 Å². The number of benzene rings is 3. The first-order valence-corrected chi connectivity index (χ1v) is 8.36. The van der Waals surface area contributed by atoms with Gasteiger partial charge in [0, 0.05) is 25.3 Å². The Hall–Kier alpha value is -3.47. The standard InChI is InChI=1S/C21H21N5/c1-26(2)20-15-13-19(14-16-20)23-25-21(17-9-5-3-6-10-17)24-22-18-11-7-4-8-12-18/h3-16,22H,1-2H3. The first-order chi connectivity index (χ1) is 12.7. The highest BCUT2D eigenvalue weighted by Gasteiger charge is 2.02. The molecule has 0 amide bonds. The van der Waals surface area contributed by atoms with Crippen LogP contribution < -0.4 is 10.3 Å². The van der Waals surface area contributed by atoms with Gasteiger partial charge in [-0.25, -0.2) is 0 Å². The van der Waals surface area contributed by atoms with E-state index in [1.54, 1.807) is 0 Å². The lowest BCUT2D eigenvalue weighted by Crippen LogP contribution is -2.07. The molecule has 5 heteroatoms. The van der Waals surface area contributed by atoms with E-state index >= 15 is 0 Å². The molecule has 0 heterocycles. The van der Waals surface area contributed by atoms with Crippen LogP contribution in [0.3, 0.4) is 0 Å². The fourth-order valence-electron chi connectivity index (χ4n) is 2.28. The lowest BCUT2D eigenvalue weighted by Gasteiger charge is -2.11. The Morgan fingerprint density at radius 1 is 0.769 bits per heavy atom. The van der Waals surface area contributed by atoms with Gasteiger partial charge < -0.3 is 4.90 Å². The molecule has 26 heavy (non-hydrogen) atoms. The van der Waals surface area contributed by atoms with E-state index in [0.717, 1.165) is 22.6 Å². The summed E-state index contributed by atoms with van der Waals surface area (Å²) in [5.41, 5.74) is 6.71. The zero-order valence-corrected chi connectivity index (χ0v) is 14.9. The maximum Gasteiger partial charge on any atom is 0.201 e. The number of amidine groups is 1. The zero-order valence-electron chi connectivity index (χ0n) is 14.9. The number of hydrazone groups is 1. The summed E-state index contributed by atoms with van der Waals surface area (Å²) in [7, 11) is 4.01. The average molecular weight is 343 g/mol. The van der Waals surface area contributed by atoms with Crippen LogP contribution in [0, 0.1) is 0 Å². The van der Waals surface area contributed by atoms with Gasteiger partial charge in [0.05, 0.1) is 11.4 Å². The van der Waals surface area contributed by atoms with Gasteiger partial charge in [-0.3, -0.25) is 5.43 Å². The number of hydrogen-bond donors (Lipinski definition) is 1. The van der Waals surface area contributed by atoms with Crippen LogP contribution in [0.2, 0.25) is 0 Å². The van der Waals surface area contributed by atoms with E-state index in [0.29, 0.717) is 5.84 Å². The van der Waals surface area contributed by atoms with Gasteiger partial charge in [-0.1, -0.05) is 48.5 Å². The summed E-state index contributed by atoms with van der Waals surface area (Å²) in [5, 5.41) is 13.1. The molecule has 0 saturated carbocycles. The van der Waals surface area contributed by atoms with Crippen molar-refractivity contribution in [3.63, 3.8) is 0 Å². The normalized spacial score (nSPS) is 11.5. The van der Waals surface area contributed by atoms with E-state index in [-0.39, 0.29) is 0 Å². The predicted molar refractivity (Wildman–Crippen MR) is 108 cm³/mol. The van der Waals surface area contributed by atoms with Crippen molar-refractivity contribution in [3.05, 3.63) is 90.5 Å². The van der Waals surface area contributed by atoms with Crippen molar-refractivity contribution in [2.45, 2.75) is 0 Å². The minimum atomic E-state index is 0.520. The fraction of sp³-hybridized carbons (Fsp3) is 0.0952. The minimum absolute atomic E-state index is 0.520. The molecule has 3 rings (SSSR count). The molecule has 0 fully saturated rings. The van der Waals surface area contributed by atoms with Gasteiger partial charge in [0.1, 0.15) is 0 Å². The Morgan fingerprint density at radius 2 is 1.38 bits per heavy atom. The van der Waals surface area contributed by atoms with Crippen LogP contribution in [0.5, 0.6) is 0 Å². The van der Waals surface area contributed by atoms with E-state index in [9.17, 15) is 0 Å². The first-order valence-electron chi connectivity index (χ1n) is 8.36. The van der Waals surface area contributed by atoms with Gasteiger partial charge in [-0.05, 0) is 36.4 Å². The number of para-hydroxylation sites is 1. The van der Waals surface area contributed by atoms with Crippen LogP contribution in [0.15, 0.2) is 100 Å². The van der Waals surface area contributed by atoms with Gasteiger partial charge in [-0.2, -0.15) is 5.10 Å². The SMILES string of the molecule is CN(C)c1ccc(N=NC(=NNc2ccccc2)c2ccccc2)cc1. The molecule has 0 aliphatic carbocycles. The Morgan fingerprint density at radius 3 is 2.00 bits per heavy atom. The van der Waals surface area contributed by atoms with Crippen LogP contribution in [0.4, 0.5) is 17.1 Å². The molecule has 0 aliphatic rings. The first kappa shape index (κ1) is 17.4. The van der Waals surface area contributed by atoms with Crippen LogP contribution in [-0.4, -0.2) is 19.9 Å². The summed E-state index contributed by atoms with van der Waals surface area (Å²) < 4.78 is 0. The smallest absolute Gasteiger partial charge is 0.201 e. The van der Waals surface area contributed by atoms with Crippen LogP contribution in [0.1, 0.15) is 5.56 Å². The molecule has 3 aromatic carbocycles. The highest BCUT2D eigenvalue weighted by atomic mass is 15.3. The molecular weight excluding hydrogens is 322 g/mol. The van der Waals surface area contributed by atoms with E-state index in [4.69, 9.17) is 0 Å². The minimum Gasteiger partial charge on any atom is -0.378 e. The highest BCUT2D eigenvalue weighted by Crippen LogP contribution is 2.19. The van der Waals surface area contributed by atoms with Gasteiger partial charge in [0.15, 0.2) is 0 Å². The predicted octanol–water partition coefficient (Wildman–Crippen LogP) is 5.31. The van der Waals surface area contributed by atoms with Crippen molar-refractivity contribution >= 4 is 22.9 Å². The van der Waals surface area contributed by atoms with Gasteiger partial charge in [0.2, 0.25) is 5.84 Å². The second-order valence-corrected chi connectivity index (χ2v) is 5.89. The Kier molecular flexibility index (Phi) is 5.72. The molecule has 5 nitrogen and oxygen atoms in total. The molecule has 0 saturated heterocycles. The number of azo groups is 1. The third-order valence-electron chi connectivity index (χ3n) is 3.72. The van der Waals surface area contributed by atoms with Crippen LogP contribution in [0.25, 0.3) is 0 Å². The number of nitrogens with one attached hydrogen (secondary N) is 1. The average Bonchev–Trinajstić information content (AvgIpc) is 2.70. The largest absolute Gasteiger partial charge is 0.378 e. The molecule has 0 spiro atoms. The number of nitrogens with zero attached hydrogens (tertiary/aromatic N) is 4. The molecular formula is C21H21N5. The maximum atomic E-state index is 4.42. The number of rotatable bonds is 5. The second kappa shape index (κ2) is 8.58. The maximum absolute atomic E-state index is 4.42. The molecule has 0 atom stereocenters. The summed E-state index contributed by atoms with van der Waals surface area (Å²) in [6.07, 6.45) is 0. The monoisotopic (exact) mass is 343 g/mol. The van der Waals surface area contributed by atoms with Crippen molar-refractivity contribution in [2.75, 3.05) is 24.4 Å². The zero-order chi connectivity index (χ0) is 18.2. The number of anilines is 2. The lowest BCUT2D eigenvalue weighted by atomic mass is 10.2. The molecule has 0 aromatic heterocycles. The van der Waals surface area contributed by atoms with Crippen LogP contribution >= 0.6 is 0 Å². The highest BCUT2D eigenvalue weighted by molar-refractivity contribution is 5.99. The van der Waals surface area contributed by atoms with Crippen molar-refractivity contribution in [2.24, 2.45) is 15.3 Å². The van der Waals surface area contributed by atoms with Crippen molar-refractivity contribution in [3.8, 4) is 0 Å². The second-order valence-electron chi connectivity index (χ2n) is 5.89. The van der Waals surface area contributed by atoms with E-state index < -0.39 is 0 Å². The van der Waals surface area contributed by atoms with Gasteiger partial charge >= 0.3 is 0 Å². The van der Waals surface area contributed by atoms with E-state index in [1.165, 1.54) is 0 Å². The summed E-state index contributed by atoms with van der Waals surface area (Å²) in [5.74, 6) is 0.520. The summed E-state index contributed by atoms with van der Waals surface area (Å²) in [6.45, 7) is 0. The third-order valence-corrected chi connectivity index (χ3v) is 3.72. The summed E-state index contributed by atoms with van der Waals surface area (Å²) >= 11 is 0. The fourth-order valence-corrected chi connectivity index (χ4v) is 2.28. The quantitative estimate of drug-likeness (QED) is 0.295. The molecule has 0 unspecified atom stereocenters. The van der Waals surface area contributed by atoms with Crippen molar-refractivity contribution in [1.82, 2.24) is 0 Å². The van der Waals surface area contributed by atoms with E-state index in [1.807, 2.05) is 104 Å². The van der Waals surface area contributed by atoms with Gasteiger partial charge in [0.25, 0.3) is 0 Å². The van der Waals surface area contributed by atoms with Gasteiger partial charge in [-0.15, -0.1) is 10.2 Å². The molecule has 0 bridgehead atoms. The Bertz CT molecular complexity index is 869.